The summed E-state index contributed by atoms with van der Waals surface area (Å²) in [7, 11) is 0. The molecule has 0 bridgehead atoms. The van der Waals surface area contributed by atoms with Crippen LogP contribution in [0.15, 0.2) is 42.6 Å². The van der Waals surface area contributed by atoms with Gasteiger partial charge in [0.25, 0.3) is 0 Å². The standard InChI is InChI=1S/C16H19NO2/c18-16-8-4-7-15-14(16)9-10-17(15)11-12-19-13-5-2-1-3-6-13/h1-3,5-6,9-10,16,18H,4,7-8,11-12H2. The zero-order valence-electron chi connectivity index (χ0n) is 11.0. The molecule has 100 valence electrons. The molecular weight excluding hydrogens is 238 g/mol. The number of hydrogen-bond donors (Lipinski definition) is 1. The molecule has 1 aromatic heterocycles. The molecule has 0 radical (unpaired) electrons. The largest absolute Gasteiger partial charge is 0.492 e. The Balaban J connectivity index is 1.62. The van der Waals surface area contributed by atoms with Gasteiger partial charge in [-0.1, -0.05) is 18.2 Å². The van der Waals surface area contributed by atoms with Crippen LogP contribution in [0.4, 0.5) is 0 Å². The van der Waals surface area contributed by atoms with Crippen molar-refractivity contribution >= 4 is 0 Å². The lowest BCUT2D eigenvalue weighted by Crippen LogP contribution is -2.14. The van der Waals surface area contributed by atoms with Gasteiger partial charge in [-0.2, -0.15) is 0 Å². The highest BCUT2D eigenvalue weighted by molar-refractivity contribution is 5.27. The van der Waals surface area contributed by atoms with Gasteiger partial charge < -0.3 is 14.4 Å². The van der Waals surface area contributed by atoms with E-state index in [4.69, 9.17) is 4.74 Å². The molecule has 2 aromatic rings. The first-order chi connectivity index (χ1) is 9.34. The van der Waals surface area contributed by atoms with Gasteiger partial charge in [0.2, 0.25) is 0 Å². The van der Waals surface area contributed by atoms with Crippen LogP contribution in [-0.4, -0.2) is 16.3 Å². The average Bonchev–Trinajstić information content (AvgIpc) is 2.85. The highest BCUT2D eigenvalue weighted by Crippen LogP contribution is 2.30. The fourth-order valence-electron chi connectivity index (χ4n) is 2.72. The number of ether oxygens (including phenoxy) is 1. The van der Waals surface area contributed by atoms with Gasteiger partial charge in [0.1, 0.15) is 12.4 Å². The topological polar surface area (TPSA) is 34.4 Å². The Morgan fingerprint density at radius 2 is 2.05 bits per heavy atom. The van der Waals surface area contributed by atoms with Crippen molar-refractivity contribution in [3.05, 3.63) is 53.9 Å². The molecule has 0 saturated heterocycles. The molecule has 1 aliphatic rings. The second-order valence-electron chi connectivity index (χ2n) is 4.98. The third kappa shape index (κ3) is 2.66. The first-order valence-corrected chi connectivity index (χ1v) is 6.88. The summed E-state index contributed by atoms with van der Waals surface area (Å²) >= 11 is 0. The van der Waals surface area contributed by atoms with Crippen LogP contribution in [-0.2, 0) is 13.0 Å². The highest BCUT2D eigenvalue weighted by atomic mass is 16.5. The molecule has 1 aromatic carbocycles. The summed E-state index contributed by atoms with van der Waals surface area (Å²) in [5.41, 5.74) is 2.38. The summed E-state index contributed by atoms with van der Waals surface area (Å²) < 4.78 is 7.92. The summed E-state index contributed by atoms with van der Waals surface area (Å²) in [5.74, 6) is 0.906. The minimum atomic E-state index is -0.278. The van der Waals surface area contributed by atoms with E-state index in [0.717, 1.165) is 37.1 Å². The van der Waals surface area contributed by atoms with Crippen molar-refractivity contribution in [2.24, 2.45) is 0 Å². The second-order valence-corrected chi connectivity index (χ2v) is 4.98. The van der Waals surface area contributed by atoms with Crippen molar-refractivity contribution in [2.45, 2.75) is 31.9 Å². The molecule has 1 aliphatic carbocycles. The molecule has 19 heavy (non-hydrogen) atoms. The lowest BCUT2D eigenvalue weighted by Gasteiger charge is -2.20. The number of benzene rings is 1. The van der Waals surface area contributed by atoms with Gasteiger partial charge in [0, 0.05) is 17.5 Å². The Morgan fingerprint density at radius 1 is 1.21 bits per heavy atom. The fourth-order valence-corrected chi connectivity index (χ4v) is 2.72. The van der Waals surface area contributed by atoms with E-state index in [9.17, 15) is 5.11 Å². The van der Waals surface area contributed by atoms with E-state index in [-0.39, 0.29) is 6.10 Å². The highest BCUT2D eigenvalue weighted by Gasteiger charge is 2.20. The molecule has 0 fully saturated rings. The van der Waals surface area contributed by atoms with Gasteiger partial charge in [-0.25, -0.2) is 0 Å². The monoisotopic (exact) mass is 257 g/mol. The zero-order valence-corrected chi connectivity index (χ0v) is 11.0. The number of nitrogens with zero attached hydrogens (tertiary/aromatic N) is 1. The summed E-state index contributed by atoms with van der Waals surface area (Å²) in [6.45, 7) is 1.48. The van der Waals surface area contributed by atoms with Crippen LogP contribution in [0.25, 0.3) is 0 Å². The molecule has 1 N–H and O–H groups in total. The van der Waals surface area contributed by atoms with Crippen molar-refractivity contribution in [3.63, 3.8) is 0 Å². The van der Waals surface area contributed by atoms with Gasteiger partial charge in [0.05, 0.1) is 12.6 Å². The number of aliphatic hydroxyl groups is 1. The SMILES string of the molecule is OC1CCCc2c1ccn2CCOc1ccccc1. The Bertz CT molecular complexity index is 533. The molecule has 1 atom stereocenters. The Labute approximate surface area is 113 Å². The van der Waals surface area contributed by atoms with E-state index in [2.05, 4.69) is 10.8 Å². The Kier molecular flexibility index (Phi) is 3.56. The first-order valence-electron chi connectivity index (χ1n) is 6.88. The molecule has 3 heteroatoms. The van der Waals surface area contributed by atoms with Crippen molar-refractivity contribution in [1.82, 2.24) is 4.57 Å². The van der Waals surface area contributed by atoms with E-state index >= 15 is 0 Å². The molecular formula is C16H19NO2. The third-order valence-corrected chi connectivity index (χ3v) is 3.71. The Morgan fingerprint density at radius 3 is 2.89 bits per heavy atom. The quantitative estimate of drug-likeness (QED) is 0.913. The number of hydrogen-bond acceptors (Lipinski definition) is 2. The van der Waals surface area contributed by atoms with Gasteiger partial charge in [-0.05, 0) is 37.5 Å². The number of aromatic nitrogens is 1. The third-order valence-electron chi connectivity index (χ3n) is 3.71. The summed E-state index contributed by atoms with van der Waals surface area (Å²) in [6.07, 6.45) is 4.80. The molecule has 1 unspecified atom stereocenters. The maximum atomic E-state index is 9.93. The number of rotatable bonds is 4. The summed E-state index contributed by atoms with van der Waals surface area (Å²) in [4.78, 5) is 0. The van der Waals surface area contributed by atoms with Crippen LogP contribution in [0, 0.1) is 0 Å². The van der Waals surface area contributed by atoms with Crippen molar-refractivity contribution in [2.75, 3.05) is 6.61 Å². The van der Waals surface area contributed by atoms with Crippen LogP contribution in [0.2, 0.25) is 0 Å². The predicted octanol–water partition coefficient (Wildman–Crippen LogP) is 2.94. The lowest BCUT2D eigenvalue weighted by molar-refractivity contribution is 0.155. The number of para-hydroxylation sites is 1. The van der Waals surface area contributed by atoms with Gasteiger partial charge in [-0.15, -0.1) is 0 Å². The van der Waals surface area contributed by atoms with Crippen LogP contribution in [0.1, 0.15) is 30.2 Å². The van der Waals surface area contributed by atoms with Crippen LogP contribution in [0.3, 0.4) is 0 Å². The minimum absolute atomic E-state index is 0.278. The predicted molar refractivity (Wildman–Crippen MR) is 74.3 cm³/mol. The fraction of sp³-hybridized carbons (Fsp3) is 0.375. The minimum Gasteiger partial charge on any atom is -0.492 e. The van der Waals surface area contributed by atoms with Crippen LogP contribution >= 0.6 is 0 Å². The van der Waals surface area contributed by atoms with Gasteiger partial charge in [-0.3, -0.25) is 0 Å². The first kappa shape index (κ1) is 12.3. The van der Waals surface area contributed by atoms with Crippen molar-refractivity contribution < 1.29 is 9.84 Å². The maximum Gasteiger partial charge on any atom is 0.119 e. The van der Waals surface area contributed by atoms with Crippen LogP contribution < -0.4 is 4.74 Å². The van der Waals surface area contributed by atoms with E-state index in [1.54, 1.807) is 0 Å². The Hall–Kier alpha value is -1.74. The van der Waals surface area contributed by atoms with Gasteiger partial charge in [0.15, 0.2) is 0 Å². The summed E-state index contributed by atoms with van der Waals surface area (Å²) in [5, 5.41) is 9.93. The molecule has 3 nitrogen and oxygen atoms in total. The molecule has 0 saturated carbocycles. The summed E-state index contributed by atoms with van der Waals surface area (Å²) in [6, 6.07) is 11.9. The maximum absolute atomic E-state index is 9.93. The average molecular weight is 257 g/mol. The van der Waals surface area contributed by atoms with E-state index in [0.29, 0.717) is 6.61 Å². The van der Waals surface area contributed by atoms with Gasteiger partial charge >= 0.3 is 0 Å². The molecule has 3 rings (SSSR count). The molecule has 0 spiro atoms. The molecule has 0 amide bonds. The van der Waals surface area contributed by atoms with Crippen LogP contribution in [0.5, 0.6) is 5.75 Å². The lowest BCUT2D eigenvalue weighted by atomic mass is 9.95. The second kappa shape index (κ2) is 5.49. The molecule has 0 aliphatic heterocycles. The van der Waals surface area contributed by atoms with Crippen molar-refractivity contribution in [3.8, 4) is 5.75 Å². The van der Waals surface area contributed by atoms with E-state index in [1.807, 2.05) is 36.4 Å². The number of aliphatic hydroxyl groups excluding tert-OH is 1. The normalized spacial score (nSPS) is 18.1. The van der Waals surface area contributed by atoms with E-state index in [1.165, 1.54) is 5.69 Å². The number of fused-ring (bicyclic) bond motifs is 1. The smallest absolute Gasteiger partial charge is 0.119 e. The zero-order chi connectivity index (χ0) is 13.1. The van der Waals surface area contributed by atoms with E-state index < -0.39 is 0 Å². The molecule has 1 heterocycles. The van der Waals surface area contributed by atoms with Crippen molar-refractivity contribution in [1.29, 1.82) is 0 Å².